The maximum atomic E-state index is 12.6. The third-order valence-corrected chi connectivity index (χ3v) is 9.68. The zero-order chi connectivity index (χ0) is 41.0. The van der Waals surface area contributed by atoms with Gasteiger partial charge >= 0.3 is 6.18 Å². The number of likely N-dealkylation sites (tertiary alicyclic amines) is 1. The molecule has 1 aliphatic carbocycles. The van der Waals surface area contributed by atoms with E-state index in [0.29, 0.717) is 42.9 Å². The normalized spacial score (nSPS) is 19.8. The van der Waals surface area contributed by atoms with Crippen LogP contribution in [-0.4, -0.2) is 91.4 Å². The molecular formula is C39H51F4N9O4. The number of benzene rings is 2. The molecule has 304 valence electrons. The highest BCUT2D eigenvalue weighted by Crippen LogP contribution is 2.31. The average Bonchev–Trinajstić information content (AvgIpc) is 3.59. The highest BCUT2D eigenvalue weighted by atomic mass is 19.4. The number of amides is 4. The summed E-state index contributed by atoms with van der Waals surface area (Å²) in [4.78, 5) is 52.1. The number of carbonyl (C=O) groups excluding carboxylic acids is 4. The summed E-state index contributed by atoms with van der Waals surface area (Å²) in [5, 5.41) is 10.2. The van der Waals surface area contributed by atoms with Gasteiger partial charge in [-0.2, -0.15) is 18.3 Å². The van der Waals surface area contributed by atoms with E-state index in [4.69, 9.17) is 11.5 Å². The van der Waals surface area contributed by atoms with Gasteiger partial charge in [0.05, 0.1) is 28.5 Å². The maximum absolute atomic E-state index is 12.6. The van der Waals surface area contributed by atoms with Crippen LogP contribution < -0.4 is 31.9 Å². The zero-order valence-electron chi connectivity index (χ0n) is 31.9. The molecule has 0 bridgehead atoms. The monoisotopic (exact) mass is 785 g/mol. The molecule has 6 N–H and O–H groups in total. The number of alkyl halides is 4. The van der Waals surface area contributed by atoms with Crippen molar-refractivity contribution in [1.82, 2.24) is 20.0 Å². The SMILES string of the molecule is CN(C)c1ccccc1N(C=O)C1CCC(=O)NC1=O.CN1CCCC(F)C1.N/C=C(\C=C(/N)C(F)(F)F)C(=O)Nc1ccc2nn(C3CCCCC3)cc2c1. The van der Waals surface area contributed by atoms with Crippen molar-refractivity contribution in [3.8, 4) is 0 Å². The van der Waals surface area contributed by atoms with Crippen LogP contribution >= 0.6 is 0 Å². The van der Waals surface area contributed by atoms with Gasteiger partial charge in [0.15, 0.2) is 0 Å². The Bertz CT molecular complexity index is 1880. The number of hydrogen-bond donors (Lipinski definition) is 4. The predicted octanol–water partition coefficient (Wildman–Crippen LogP) is 5.30. The number of piperidine rings is 2. The van der Waals surface area contributed by atoms with Crippen molar-refractivity contribution >= 4 is 52.1 Å². The third kappa shape index (κ3) is 12.0. The first-order valence-electron chi connectivity index (χ1n) is 18.5. The van der Waals surface area contributed by atoms with E-state index in [0.717, 1.165) is 55.0 Å². The van der Waals surface area contributed by atoms with Gasteiger partial charge in [0, 0.05) is 50.5 Å². The quantitative estimate of drug-likeness (QED) is 0.0778. The molecule has 2 aromatic carbocycles. The zero-order valence-corrected chi connectivity index (χ0v) is 31.9. The number of para-hydroxylation sites is 2. The number of imide groups is 1. The Morgan fingerprint density at radius 1 is 1.02 bits per heavy atom. The fraction of sp³-hybridized carbons (Fsp3) is 0.462. The minimum atomic E-state index is -4.73. The Balaban J connectivity index is 0.000000215. The number of nitrogens with zero attached hydrogens (tertiary/aromatic N) is 5. The van der Waals surface area contributed by atoms with Crippen LogP contribution in [0.1, 0.15) is 63.8 Å². The Morgan fingerprint density at radius 2 is 1.71 bits per heavy atom. The molecule has 1 aromatic heterocycles. The van der Waals surface area contributed by atoms with E-state index >= 15 is 0 Å². The van der Waals surface area contributed by atoms with Gasteiger partial charge in [0.25, 0.3) is 5.91 Å². The van der Waals surface area contributed by atoms with Crippen LogP contribution in [0.4, 0.5) is 34.6 Å². The molecule has 2 aliphatic heterocycles. The van der Waals surface area contributed by atoms with Crippen LogP contribution in [-0.2, 0) is 19.2 Å². The van der Waals surface area contributed by atoms with E-state index in [-0.39, 0.29) is 17.9 Å². The van der Waals surface area contributed by atoms with E-state index in [9.17, 15) is 36.7 Å². The first-order valence-corrected chi connectivity index (χ1v) is 18.5. The first-order chi connectivity index (χ1) is 26.6. The lowest BCUT2D eigenvalue weighted by Crippen LogP contribution is -2.52. The summed E-state index contributed by atoms with van der Waals surface area (Å²) < 4.78 is 52.1. The number of fused-ring (bicyclic) bond motifs is 1. The van der Waals surface area contributed by atoms with Crippen LogP contribution in [0.25, 0.3) is 10.9 Å². The molecule has 2 atom stereocenters. The number of aromatic nitrogens is 2. The highest BCUT2D eigenvalue weighted by Gasteiger charge is 2.33. The summed E-state index contributed by atoms with van der Waals surface area (Å²) in [5.41, 5.74) is 11.2. The minimum Gasteiger partial charge on any atom is -0.404 e. The number of halogens is 4. The Labute approximate surface area is 323 Å². The standard InChI is InChI=1S/C19H22F3N5O.C14H17N3O3.C6H12FN/c20-19(21,22)17(24)9-12(10-23)18(28)25-14-6-7-16-13(8-14)11-27(26-16)15-4-2-1-3-5-15;1-16(2)10-5-3-4-6-11(10)17(9-18)12-7-8-13(19)15-14(12)20;1-8-4-2-3-6(7)5-8/h6-11,15H,1-5,23-24H2,(H,25,28);3-6,9,12H,7-8H2,1-2H3,(H,15,19,20);6H,2-5H2,1H3/b12-10+,17-9-;;. The van der Waals surface area contributed by atoms with Crippen LogP contribution in [0.3, 0.4) is 0 Å². The minimum absolute atomic E-state index is 0.241. The van der Waals surface area contributed by atoms with E-state index in [1.54, 1.807) is 24.3 Å². The molecule has 3 heterocycles. The first kappa shape index (κ1) is 43.3. The second kappa shape index (κ2) is 19.9. The van der Waals surface area contributed by atoms with Gasteiger partial charge in [0.2, 0.25) is 18.2 Å². The Kier molecular flexibility index (Phi) is 15.4. The second-order valence-electron chi connectivity index (χ2n) is 14.2. The van der Waals surface area contributed by atoms with Gasteiger partial charge in [0.1, 0.15) is 17.9 Å². The van der Waals surface area contributed by atoms with Gasteiger partial charge in [-0.15, -0.1) is 0 Å². The van der Waals surface area contributed by atoms with Gasteiger partial charge in [-0.1, -0.05) is 31.4 Å². The molecule has 6 rings (SSSR count). The highest BCUT2D eigenvalue weighted by molar-refractivity contribution is 6.06. The van der Waals surface area contributed by atoms with Crippen LogP contribution in [0.5, 0.6) is 0 Å². The van der Waals surface area contributed by atoms with Crippen molar-refractivity contribution < 1.29 is 36.7 Å². The fourth-order valence-electron chi connectivity index (χ4n) is 6.71. The lowest BCUT2D eigenvalue weighted by Gasteiger charge is -2.32. The Hall–Kier alpha value is -5.45. The molecule has 1 saturated carbocycles. The van der Waals surface area contributed by atoms with Crippen molar-refractivity contribution in [2.45, 2.75) is 82.2 Å². The lowest BCUT2D eigenvalue weighted by molar-refractivity contribution is -0.135. The van der Waals surface area contributed by atoms with Crippen molar-refractivity contribution in [1.29, 1.82) is 0 Å². The summed E-state index contributed by atoms with van der Waals surface area (Å²) >= 11 is 0. The summed E-state index contributed by atoms with van der Waals surface area (Å²) in [5.74, 6) is -1.51. The molecule has 17 heteroatoms. The van der Waals surface area contributed by atoms with Crippen molar-refractivity contribution in [3.05, 3.63) is 72.2 Å². The van der Waals surface area contributed by atoms with E-state index in [1.807, 2.05) is 60.0 Å². The second-order valence-corrected chi connectivity index (χ2v) is 14.2. The van der Waals surface area contributed by atoms with Crippen LogP contribution in [0, 0.1) is 0 Å². The summed E-state index contributed by atoms with van der Waals surface area (Å²) in [6, 6.07) is 12.2. The van der Waals surface area contributed by atoms with Gasteiger partial charge < -0.3 is 31.5 Å². The predicted molar refractivity (Wildman–Crippen MR) is 208 cm³/mol. The summed E-state index contributed by atoms with van der Waals surface area (Å²) in [6.07, 6.45) is 6.75. The largest absolute Gasteiger partial charge is 0.430 e. The number of nitrogens with two attached hydrogens (primary N) is 2. The van der Waals surface area contributed by atoms with Gasteiger partial charge in [-0.3, -0.25) is 29.2 Å². The van der Waals surface area contributed by atoms with Crippen molar-refractivity contribution in [2.75, 3.05) is 49.3 Å². The van der Waals surface area contributed by atoms with Crippen LogP contribution in [0.2, 0.25) is 0 Å². The van der Waals surface area contributed by atoms with Gasteiger partial charge in [-0.05, 0) is 82.1 Å². The summed E-state index contributed by atoms with van der Waals surface area (Å²) in [7, 11) is 5.70. The molecule has 2 saturated heterocycles. The molecule has 2 unspecified atom stereocenters. The maximum Gasteiger partial charge on any atom is 0.430 e. The Morgan fingerprint density at radius 3 is 2.29 bits per heavy atom. The van der Waals surface area contributed by atoms with E-state index < -0.39 is 35.9 Å². The van der Waals surface area contributed by atoms with E-state index in [1.165, 1.54) is 24.2 Å². The average molecular weight is 786 g/mol. The van der Waals surface area contributed by atoms with Gasteiger partial charge in [-0.25, -0.2) is 4.39 Å². The molecule has 13 nitrogen and oxygen atoms in total. The molecular weight excluding hydrogens is 734 g/mol. The molecule has 3 aliphatic rings. The number of rotatable bonds is 8. The number of hydrogen-bond acceptors (Lipinski definition) is 9. The molecule has 4 amide bonds. The van der Waals surface area contributed by atoms with Crippen LogP contribution in [0.15, 0.2) is 72.2 Å². The lowest BCUT2D eigenvalue weighted by atomic mass is 9.96. The number of anilines is 3. The van der Waals surface area contributed by atoms with Crippen molar-refractivity contribution in [3.63, 3.8) is 0 Å². The number of nitrogens with one attached hydrogen (secondary N) is 2. The number of allylic oxidation sites excluding steroid dienone is 1. The molecule has 56 heavy (non-hydrogen) atoms. The fourth-order valence-corrected chi connectivity index (χ4v) is 6.71. The van der Waals surface area contributed by atoms with Crippen molar-refractivity contribution in [2.24, 2.45) is 11.5 Å². The summed E-state index contributed by atoms with van der Waals surface area (Å²) in [6.45, 7) is 1.71. The smallest absolute Gasteiger partial charge is 0.404 e. The molecule has 0 radical (unpaired) electrons. The molecule has 3 fully saturated rings. The molecule has 0 spiro atoms. The van der Waals surface area contributed by atoms with E-state index in [2.05, 4.69) is 15.7 Å². The molecule has 3 aromatic rings. The topological polar surface area (TPSA) is 172 Å². The number of carbonyl (C=O) groups is 4. The third-order valence-electron chi connectivity index (χ3n) is 9.68.